The third kappa shape index (κ3) is 10.0. The normalized spacial score (nSPS) is 15.8. The van der Waals surface area contributed by atoms with E-state index in [9.17, 15) is 9.59 Å². The molecule has 2 aliphatic rings. The van der Waals surface area contributed by atoms with Crippen LogP contribution in [0.5, 0.6) is 11.5 Å². The van der Waals surface area contributed by atoms with Crippen LogP contribution in [0.3, 0.4) is 0 Å². The summed E-state index contributed by atoms with van der Waals surface area (Å²) in [6.07, 6.45) is 11.9. The van der Waals surface area contributed by atoms with Gasteiger partial charge in [0.15, 0.2) is 0 Å². The molecule has 3 amide bonds. The molecule has 1 saturated carbocycles. The summed E-state index contributed by atoms with van der Waals surface area (Å²) in [5.74, 6) is 2.36. The molecule has 12 nitrogen and oxygen atoms in total. The van der Waals surface area contributed by atoms with Gasteiger partial charge in [-0.3, -0.25) is 14.6 Å². The standard InChI is InChI=1S/C36H48Cl2N8O4/c1-44(36(48)43-35-33(37)28(49-2)21-29(50-3)34(35)38)31-22-30(40-24-41-31)42-26-11-13-27(14-12-26)46-19-17-45(18-20-46)23-32(47)39-16-15-25-9-7-5-4-6-8-10-25/h11-14,21-22,24-25H,4-10,15-20,23H2,1-3H3,(H,39,47)(H,43,48)(H,40,41,42). The number of rotatable bonds is 12. The van der Waals surface area contributed by atoms with Crippen LogP contribution in [0.25, 0.3) is 0 Å². The van der Waals surface area contributed by atoms with Crippen molar-refractivity contribution in [1.82, 2.24) is 20.2 Å². The number of amides is 3. The van der Waals surface area contributed by atoms with Gasteiger partial charge in [0.05, 0.1) is 26.5 Å². The minimum atomic E-state index is -0.529. The zero-order valence-electron chi connectivity index (χ0n) is 29.1. The van der Waals surface area contributed by atoms with Crippen LogP contribution in [-0.2, 0) is 4.79 Å². The van der Waals surface area contributed by atoms with E-state index in [1.54, 1.807) is 19.2 Å². The number of nitrogens with zero attached hydrogens (tertiary/aromatic N) is 5. The number of anilines is 5. The van der Waals surface area contributed by atoms with Crippen molar-refractivity contribution in [1.29, 1.82) is 0 Å². The third-order valence-corrected chi connectivity index (χ3v) is 10.2. The second kappa shape index (κ2) is 18.3. The molecule has 0 radical (unpaired) electrons. The topological polar surface area (TPSA) is 124 Å². The first-order valence-electron chi connectivity index (χ1n) is 17.3. The molecule has 0 atom stereocenters. The van der Waals surface area contributed by atoms with Gasteiger partial charge in [0.1, 0.15) is 39.5 Å². The third-order valence-electron chi connectivity index (χ3n) is 9.45. The van der Waals surface area contributed by atoms with E-state index < -0.39 is 6.03 Å². The number of hydrogen-bond acceptors (Lipinski definition) is 9. The average molecular weight is 728 g/mol. The summed E-state index contributed by atoms with van der Waals surface area (Å²) in [5.41, 5.74) is 2.11. The van der Waals surface area contributed by atoms with Crippen molar-refractivity contribution in [3.8, 4) is 11.5 Å². The second-order valence-electron chi connectivity index (χ2n) is 12.8. The molecule has 3 aromatic rings. The lowest BCUT2D eigenvalue weighted by Gasteiger charge is -2.35. The van der Waals surface area contributed by atoms with Crippen LogP contribution in [0.2, 0.25) is 10.0 Å². The molecular formula is C36H48Cl2N8O4. The van der Waals surface area contributed by atoms with Crippen molar-refractivity contribution in [2.24, 2.45) is 5.92 Å². The summed E-state index contributed by atoms with van der Waals surface area (Å²) >= 11 is 12.9. The summed E-state index contributed by atoms with van der Waals surface area (Å²) in [6.45, 7) is 4.62. The van der Waals surface area contributed by atoms with Gasteiger partial charge in [-0.15, -0.1) is 0 Å². The quantitative estimate of drug-likeness (QED) is 0.178. The van der Waals surface area contributed by atoms with E-state index in [0.717, 1.165) is 56.4 Å². The second-order valence-corrected chi connectivity index (χ2v) is 13.6. The highest BCUT2D eigenvalue weighted by Gasteiger charge is 2.23. The zero-order chi connectivity index (χ0) is 35.5. The lowest BCUT2D eigenvalue weighted by Crippen LogP contribution is -2.49. The molecule has 1 saturated heterocycles. The summed E-state index contributed by atoms with van der Waals surface area (Å²) in [4.78, 5) is 40.3. The van der Waals surface area contributed by atoms with Crippen molar-refractivity contribution in [3.63, 3.8) is 0 Å². The van der Waals surface area contributed by atoms with Crippen LogP contribution < -0.4 is 35.2 Å². The largest absolute Gasteiger partial charge is 0.495 e. The fourth-order valence-electron chi connectivity index (χ4n) is 6.46. The summed E-state index contributed by atoms with van der Waals surface area (Å²) in [7, 11) is 4.49. The molecule has 14 heteroatoms. The average Bonchev–Trinajstić information content (AvgIpc) is 3.11. The molecule has 50 heavy (non-hydrogen) atoms. The Morgan fingerprint density at radius 3 is 2.18 bits per heavy atom. The van der Waals surface area contributed by atoms with Crippen molar-refractivity contribution < 1.29 is 19.1 Å². The summed E-state index contributed by atoms with van der Waals surface area (Å²) in [5, 5.41) is 9.46. The highest BCUT2D eigenvalue weighted by Crippen LogP contribution is 2.44. The first-order chi connectivity index (χ1) is 24.2. The van der Waals surface area contributed by atoms with Crippen LogP contribution in [0.15, 0.2) is 42.7 Å². The first-order valence-corrected chi connectivity index (χ1v) is 18.1. The summed E-state index contributed by atoms with van der Waals surface area (Å²) in [6, 6.07) is 10.8. The first kappa shape index (κ1) is 37.3. The van der Waals surface area contributed by atoms with Gasteiger partial charge in [-0.2, -0.15) is 0 Å². The van der Waals surface area contributed by atoms with E-state index in [1.165, 1.54) is 70.4 Å². The van der Waals surface area contributed by atoms with E-state index >= 15 is 0 Å². The number of hydrogen-bond donors (Lipinski definition) is 3. The smallest absolute Gasteiger partial charge is 0.327 e. The van der Waals surface area contributed by atoms with E-state index in [0.29, 0.717) is 29.7 Å². The number of nitrogens with one attached hydrogen (secondary N) is 3. The van der Waals surface area contributed by atoms with Gasteiger partial charge in [-0.1, -0.05) is 68.1 Å². The molecule has 1 aromatic heterocycles. The Labute approximate surface area is 304 Å². The number of halogens is 2. The van der Waals surface area contributed by atoms with E-state index in [2.05, 4.69) is 47.9 Å². The van der Waals surface area contributed by atoms with Gasteiger partial charge in [-0.05, 0) is 36.6 Å². The van der Waals surface area contributed by atoms with Gasteiger partial charge >= 0.3 is 6.03 Å². The molecule has 5 rings (SSSR count). The van der Waals surface area contributed by atoms with Crippen LogP contribution in [0, 0.1) is 5.92 Å². The number of carbonyl (C=O) groups is 2. The molecule has 0 spiro atoms. The molecule has 0 bridgehead atoms. The lowest BCUT2D eigenvalue weighted by molar-refractivity contribution is -0.122. The predicted molar refractivity (Wildman–Crippen MR) is 201 cm³/mol. The Morgan fingerprint density at radius 2 is 1.54 bits per heavy atom. The number of carbonyl (C=O) groups excluding carboxylic acids is 2. The molecule has 2 fully saturated rings. The SMILES string of the molecule is COc1cc(OC)c(Cl)c(NC(=O)N(C)c2cc(Nc3ccc(N4CCN(CC(=O)NCCC5CCCCCCC5)CC4)cc3)ncn2)c1Cl. The van der Waals surface area contributed by atoms with Crippen LogP contribution >= 0.6 is 23.2 Å². The Balaban J connectivity index is 1.08. The minimum Gasteiger partial charge on any atom is -0.495 e. The maximum absolute atomic E-state index is 13.2. The Bertz CT molecular complexity index is 1550. The van der Waals surface area contributed by atoms with Crippen molar-refractivity contribution >= 4 is 63.8 Å². The van der Waals surface area contributed by atoms with E-state index in [4.69, 9.17) is 32.7 Å². The van der Waals surface area contributed by atoms with Gasteiger partial charge < -0.3 is 30.3 Å². The van der Waals surface area contributed by atoms with Crippen LogP contribution in [-0.4, -0.2) is 87.3 Å². The van der Waals surface area contributed by atoms with Crippen LogP contribution in [0.4, 0.5) is 33.5 Å². The highest BCUT2D eigenvalue weighted by molar-refractivity contribution is 6.41. The van der Waals surface area contributed by atoms with E-state index in [-0.39, 0.29) is 21.6 Å². The molecule has 2 aromatic carbocycles. The minimum absolute atomic E-state index is 0.130. The van der Waals surface area contributed by atoms with Gasteiger partial charge in [0.25, 0.3) is 0 Å². The zero-order valence-corrected chi connectivity index (χ0v) is 30.7. The molecule has 270 valence electrons. The maximum atomic E-state index is 13.2. The molecule has 0 unspecified atom stereocenters. The van der Waals surface area contributed by atoms with Gasteiger partial charge in [0, 0.05) is 63.3 Å². The molecular weight excluding hydrogens is 679 g/mol. The number of methoxy groups -OCH3 is 2. The van der Waals surface area contributed by atoms with Crippen molar-refractivity contribution in [3.05, 3.63) is 52.8 Å². The Kier molecular flexibility index (Phi) is 13.6. The molecule has 2 heterocycles. The number of piperazine rings is 1. The lowest BCUT2D eigenvalue weighted by atomic mass is 9.89. The number of aromatic nitrogens is 2. The number of ether oxygens (including phenoxy) is 2. The fourth-order valence-corrected chi connectivity index (χ4v) is 7.06. The fraction of sp³-hybridized carbons (Fsp3) is 0.500. The molecule has 1 aliphatic carbocycles. The van der Waals surface area contributed by atoms with Gasteiger partial charge in [0.2, 0.25) is 5.91 Å². The van der Waals surface area contributed by atoms with E-state index in [1.807, 2.05) is 12.1 Å². The number of urea groups is 1. The maximum Gasteiger partial charge on any atom is 0.327 e. The van der Waals surface area contributed by atoms with Crippen molar-refractivity contribution in [2.45, 2.75) is 51.4 Å². The van der Waals surface area contributed by atoms with Gasteiger partial charge in [-0.25, -0.2) is 14.8 Å². The highest BCUT2D eigenvalue weighted by atomic mass is 35.5. The Hall–Kier alpha value is -4.00. The summed E-state index contributed by atoms with van der Waals surface area (Å²) < 4.78 is 10.6. The predicted octanol–water partition coefficient (Wildman–Crippen LogP) is 7.20. The monoisotopic (exact) mass is 726 g/mol. The molecule has 3 N–H and O–H groups in total. The van der Waals surface area contributed by atoms with Crippen molar-refractivity contribution in [2.75, 3.05) is 81.0 Å². The Morgan fingerprint density at radius 1 is 0.900 bits per heavy atom. The molecule has 1 aliphatic heterocycles. The number of benzene rings is 2. The van der Waals surface area contributed by atoms with Crippen LogP contribution in [0.1, 0.15) is 51.4 Å².